The van der Waals surface area contributed by atoms with Gasteiger partial charge in [0.2, 0.25) is 5.82 Å². The van der Waals surface area contributed by atoms with Gasteiger partial charge >= 0.3 is 0 Å². The van der Waals surface area contributed by atoms with Crippen LogP contribution in [0.3, 0.4) is 0 Å². The van der Waals surface area contributed by atoms with Crippen LogP contribution in [0.4, 0.5) is 0 Å². The molecule has 0 radical (unpaired) electrons. The number of likely N-dealkylation sites (tertiary alicyclic amines) is 1. The first-order chi connectivity index (χ1) is 9.02. The van der Waals surface area contributed by atoms with Crippen LogP contribution < -0.4 is 5.32 Å². The summed E-state index contributed by atoms with van der Waals surface area (Å²) in [6.45, 7) is 7.08. The van der Waals surface area contributed by atoms with E-state index >= 15 is 0 Å². The summed E-state index contributed by atoms with van der Waals surface area (Å²) in [5.41, 5.74) is 0.187. The van der Waals surface area contributed by atoms with Crippen LogP contribution in [-0.4, -0.2) is 52.7 Å². The van der Waals surface area contributed by atoms with Crippen LogP contribution >= 0.6 is 0 Å². The van der Waals surface area contributed by atoms with Crippen molar-refractivity contribution in [2.24, 2.45) is 5.41 Å². The first kappa shape index (κ1) is 14.0. The second-order valence-electron chi connectivity index (χ2n) is 5.76. The molecule has 6 heteroatoms. The molecule has 1 aliphatic rings. The molecule has 0 unspecified atom stereocenters. The molecule has 6 nitrogen and oxygen atoms in total. The third-order valence-electron chi connectivity index (χ3n) is 3.94. The van der Waals surface area contributed by atoms with Crippen molar-refractivity contribution < 1.29 is 4.79 Å². The third kappa shape index (κ3) is 3.53. The van der Waals surface area contributed by atoms with Crippen molar-refractivity contribution in [3.63, 3.8) is 0 Å². The maximum atomic E-state index is 12.0. The van der Waals surface area contributed by atoms with E-state index in [9.17, 15) is 4.79 Å². The zero-order valence-corrected chi connectivity index (χ0v) is 12.0. The minimum absolute atomic E-state index is 0.184. The van der Waals surface area contributed by atoms with E-state index in [1.54, 1.807) is 0 Å². The normalized spacial score (nSPS) is 19.3. The molecule has 1 amide bonds. The Morgan fingerprint density at radius 1 is 1.47 bits per heavy atom. The predicted molar refractivity (Wildman–Crippen MR) is 72.9 cm³/mol. The van der Waals surface area contributed by atoms with Crippen molar-refractivity contribution in [2.45, 2.75) is 33.1 Å². The lowest BCUT2D eigenvalue weighted by molar-refractivity contribution is 0.0882. The summed E-state index contributed by atoms with van der Waals surface area (Å²) in [4.78, 5) is 18.4. The molecule has 0 spiro atoms. The van der Waals surface area contributed by atoms with Crippen LogP contribution in [0.15, 0.2) is 0 Å². The summed E-state index contributed by atoms with van der Waals surface area (Å²) in [5.74, 6) is 0.806. The van der Waals surface area contributed by atoms with E-state index in [1.807, 2.05) is 6.92 Å². The predicted octanol–water partition coefficient (Wildman–Crippen LogP) is 0.829. The van der Waals surface area contributed by atoms with Crippen LogP contribution in [0.1, 0.15) is 43.1 Å². The van der Waals surface area contributed by atoms with Gasteiger partial charge in [-0.05, 0) is 38.4 Å². The largest absolute Gasteiger partial charge is 0.349 e. The van der Waals surface area contributed by atoms with Gasteiger partial charge in [0.1, 0.15) is 5.82 Å². The summed E-state index contributed by atoms with van der Waals surface area (Å²) >= 11 is 0. The van der Waals surface area contributed by atoms with Gasteiger partial charge < -0.3 is 10.2 Å². The van der Waals surface area contributed by atoms with Crippen LogP contribution in [-0.2, 0) is 6.42 Å². The number of aryl methyl sites for hydroxylation is 1. The van der Waals surface area contributed by atoms with E-state index in [1.165, 1.54) is 0 Å². The lowest BCUT2D eigenvalue weighted by Gasteiger charge is -2.37. The molecule has 1 saturated heterocycles. The number of H-pyrrole nitrogens is 1. The van der Waals surface area contributed by atoms with Crippen molar-refractivity contribution in [1.29, 1.82) is 0 Å². The van der Waals surface area contributed by atoms with Crippen molar-refractivity contribution in [3.8, 4) is 0 Å². The fourth-order valence-corrected chi connectivity index (χ4v) is 2.26. The van der Waals surface area contributed by atoms with Gasteiger partial charge in [-0.2, -0.15) is 0 Å². The van der Waals surface area contributed by atoms with Gasteiger partial charge in [0.15, 0.2) is 0 Å². The highest BCUT2D eigenvalue weighted by molar-refractivity contribution is 5.90. The SMILES string of the molecule is CCc1nc(C(=O)NCC2(C)CCN(C)CC2)n[nH]1. The van der Waals surface area contributed by atoms with Crippen LogP contribution in [0, 0.1) is 5.41 Å². The van der Waals surface area contributed by atoms with Crippen LogP contribution in [0.5, 0.6) is 0 Å². The lowest BCUT2D eigenvalue weighted by atomic mass is 9.80. The number of carbonyl (C=O) groups is 1. The number of nitrogens with one attached hydrogen (secondary N) is 2. The number of amides is 1. The average Bonchev–Trinajstić information content (AvgIpc) is 2.89. The molecule has 1 aromatic heterocycles. The molecule has 1 fully saturated rings. The second kappa shape index (κ2) is 5.69. The summed E-state index contributed by atoms with van der Waals surface area (Å²) in [7, 11) is 2.14. The van der Waals surface area contributed by atoms with Gasteiger partial charge in [-0.15, -0.1) is 5.10 Å². The molecule has 0 aromatic carbocycles. The molecule has 0 aliphatic carbocycles. The van der Waals surface area contributed by atoms with E-state index in [-0.39, 0.29) is 17.1 Å². The van der Waals surface area contributed by atoms with Crippen molar-refractivity contribution in [3.05, 3.63) is 11.6 Å². The number of hydrogen-bond donors (Lipinski definition) is 2. The zero-order valence-electron chi connectivity index (χ0n) is 12.0. The number of aromatic amines is 1. The fraction of sp³-hybridized carbons (Fsp3) is 0.769. The van der Waals surface area contributed by atoms with Gasteiger partial charge in [0.05, 0.1) is 0 Å². The number of hydrogen-bond acceptors (Lipinski definition) is 4. The Morgan fingerprint density at radius 2 is 2.16 bits per heavy atom. The summed E-state index contributed by atoms with van der Waals surface area (Å²) in [6.07, 6.45) is 2.97. The molecule has 2 heterocycles. The quantitative estimate of drug-likeness (QED) is 0.845. The molecule has 19 heavy (non-hydrogen) atoms. The number of nitrogens with zero attached hydrogens (tertiary/aromatic N) is 3. The Balaban J connectivity index is 1.86. The highest BCUT2D eigenvalue weighted by atomic mass is 16.2. The zero-order chi connectivity index (χ0) is 13.9. The molecule has 1 aliphatic heterocycles. The molecule has 0 bridgehead atoms. The molecule has 2 N–H and O–H groups in total. The first-order valence-electron chi connectivity index (χ1n) is 6.90. The maximum Gasteiger partial charge on any atom is 0.290 e. The van der Waals surface area contributed by atoms with E-state index in [2.05, 4.69) is 39.4 Å². The fourth-order valence-electron chi connectivity index (χ4n) is 2.26. The number of rotatable bonds is 4. The van der Waals surface area contributed by atoms with E-state index < -0.39 is 0 Å². The van der Waals surface area contributed by atoms with Crippen LogP contribution in [0.25, 0.3) is 0 Å². The van der Waals surface area contributed by atoms with Gasteiger partial charge in [-0.1, -0.05) is 13.8 Å². The highest BCUT2D eigenvalue weighted by Gasteiger charge is 2.29. The Hall–Kier alpha value is -1.43. The molecule has 2 rings (SSSR count). The topological polar surface area (TPSA) is 73.9 Å². The molecular weight excluding hydrogens is 242 g/mol. The lowest BCUT2D eigenvalue weighted by Crippen LogP contribution is -2.43. The standard InChI is InChI=1S/C13H23N5O/c1-4-10-15-11(17-16-10)12(19)14-9-13(2)5-7-18(3)8-6-13/h4-9H2,1-3H3,(H,14,19)(H,15,16,17). The highest BCUT2D eigenvalue weighted by Crippen LogP contribution is 2.29. The Kier molecular flexibility index (Phi) is 4.19. The van der Waals surface area contributed by atoms with Gasteiger partial charge in [-0.25, -0.2) is 4.98 Å². The molecular formula is C13H23N5O. The van der Waals surface area contributed by atoms with Gasteiger partial charge in [0, 0.05) is 13.0 Å². The number of aromatic nitrogens is 3. The molecule has 0 saturated carbocycles. The summed E-state index contributed by atoms with van der Waals surface area (Å²) < 4.78 is 0. The van der Waals surface area contributed by atoms with Gasteiger partial charge in [0.25, 0.3) is 5.91 Å². The number of piperidine rings is 1. The van der Waals surface area contributed by atoms with E-state index in [0.717, 1.165) is 38.2 Å². The van der Waals surface area contributed by atoms with E-state index in [4.69, 9.17) is 0 Å². The minimum Gasteiger partial charge on any atom is -0.349 e. The van der Waals surface area contributed by atoms with Crippen molar-refractivity contribution in [2.75, 3.05) is 26.7 Å². The molecule has 0 atom stereocenters. The van der Waals surface area contributed by atoms with Crippen molar-refractivity contribution in [1.82, 2.24) is 25.4 Å². The Bertz CT molecular complexity index is 434. The second-order valence-corrected chi connectivity index (χ2v) is 5.76. The smallest absolute Gasteiger partial charge is 0.290 e. The monoisotopic (exact) mass is 265 g/mol. The summed E-state index contributed by atoms with van der Waals surface area (Å²) in [5, 5.41) is 9.65. The molecule has 1 aromatic rings. The van der Waals surface area contributed by atoms with Crippen molar-refractivity contribution >= 4 is 5.91 Å². The maximum absolute atomic E-state index is 12.0. The third-order valence-corrected chi connectivity index (χ3v) is 3.94. The van der Waals surface area contributed by atoms with Crippen LogP contribution in [0.2, 0.25) is 0 Å². The minimum atomic E-state index is -0.184. The average molecular weight is 265 g/mol. The Morgan fingerprint density at radius 3 is 2.74 bits per heavy atom. The van der Waals surface area contributed by atoms with E-state index in [0.29, 0.717) is 6.54 Å². The van der Waals surface area contributed by atoms with Gasteiger partial charge in [-0.3, -0.25) is 9.89 Å². The molecule has 106 valence electrons. The Labute approximate surface area is 114 Å². The summed E-state index contributed by atoms with van der Waals surface area (Å²) in [6, 6.07) is 0. The first-order valence-corrected chi connectivity index (χ1v) is 6.90. The number of carbonyl (C=O) groups excluding carboxylic acids is 1.